The Kier molecular flexibility index (Phi) is 4.50. The van der Waals surface area contributed by atoms with E-state index in [1.54, 1.807) is 7.11 Å². The zero-order valence-electron chi connectivity index (χ0n) is 5.78. The van der Waals surface area contributed by atoms with Crippen molar-refractivity contribution >= 4 is 15.9 Å². The van der Waals surface area contributed by atoms with Gasteiger partial charge < -0.3 is 4.74 Å². The molecule has 0 aliphatic carbocycles. The van der Waals surface area contributed by atoms with E-state index < -0.39 is 0 Å². The van der Waals surface area contributed by atoms with Crippen LogP contribution in [0, 0.1) is 0 Å². The summed E-state index contributed by atoms with van der Waals surface area (Å²) >= 11 is 3.27. The fourth-order valence-corrected chi connectivity index (χ4v) is 0.547. The van der Waals surface area contributed by atoms with Crippen LogP contribution in [0.2, 0.25) is 0 Å². The maximum Gasteiger partial charge on any atom is 0.0927 e. The molecule has 52 valence electrons. The molecule has 1 nitrogen and oxygen atoms in total. The van der Waals surface area contributed by atoms with E-state index in [0.717, 1.165) is 16.7 Å². The molecule has 0 aromatic heterocycles. The average molecular weight is 191 g/mol. The Labute approximate surface area is 64.5 Å². The molecule has 0 aromatic carbocycles. The van der Waals surface area contributed by atoms with Gasteiger partial charge in [0.25, 0.3) is 0 Å². The lowest BCUT2D eigenvalue weighted by Crippen LogP contribution is -1.81. The van der Waals surface area contributed by atoms with E-state index in [4.69, 9.17) is 4.74 Å². The first-order chi connectivity index (χ1) is 4.20. The lowest BCUT2D eigenvalue weighted by molar-refractivity contribution is 0.293. The lowest BCUT2D eigenvalue weighted by atomic mass is 10.3. The van der Waals surface area contributed by atoms with E-state index in [9.17, 15) is 0 Å². The first-order valence-corrected chi connectivity index (χ1v) is 3.79. The van der Waals surface area contributed by atoms with Gasteiger partial charge in [0, 0.05) is 5.33 Å². The molecule has 0 spiro atoms. The van der Waals surface area contributed by atoms with Gasteiger partial charge in [-0.2, -0.15) is 0 Å². The molecule has 0 fully saturated rings. The molecule has 0 aromatic rings. The van der Waals surface area contributed by atoms with Gasteiger partial charge in [-0.05, 0) is 18.6 Å². The van der Waals surface area contributed by atoms with Crippen LogP contribution >= 0.6 is 15.9 Å². The largest absolute Gasteiger partial charge is 0.501 e. The standard InChI is InChI=1S/C7H11BrO/c1-6(5-8)4-7(2)9-3/h4H,1,5H2,2-3H3/b7-4+. The highest BCUT2D eigenvalue weighted by Gasteiger charge is 1.86. The fraction of sp³-hybridized carbons (Fsp3) is 0.429. The molecular weight excluding hydrogens is 180 g/mol. The topological polar surface area (TPSA) is 9.23 Å². The van der Waals surface area contributed by atoms with Crippen molar-refractivity contribution in [3.05, 3.63) is 24.0 Å². The second-order valence-electron chi connectivity index (χ2n) is 1.75. The molecule has 0 saturated carbocycles. The van der Waals surface area contributed by atoms with Gasteiger partial charge in [0.2, 0.25) is 0 Å². The van der Waals surface area contributed by atoms with E-state index in [2.05, 4.69) is 22.5 Å². The summed E-state index contributed by atoms with van der Waals surface area (Å²) in [5.41, 5.74) is 1.02. The van der Waals surface area contributed by atoms with E-state index in [1.165, 1.54) is 0 Å². The normalized spacial score (nSPS) is 11.2. The summed E-state index contributed by atoms with van der Waals surface area (Å²) < 4.78 is 4.90. The van der Waals surface area contributed by atoms with Crippen LogP contribution in [0.25, 0.3) is 0 Å². The van der Waals surface area contributed by atoms with Crippen LogP contribution in [0.15, 0.2) is 24.0 Å². The molecule has 0 saturated heterocycles. The van der Waals surface area contributed by atoms with E-state index in [1.807, 2.05) is 13.0 Å². The number of methoxy groups -OCH3 is 1. The van der Waals surface area contributed by atoms with Crippen molar-refractivity contribution in [2.45, 2.75) is 6.92 Å². The minimum atomic E-state index is 0.799. The smallest absolute Gasteiger partial charge is 0.0927 e. The molecule has 0 amide bonds. The van der Waals surface area contributed by atoms with Crippen molar-refractivity contribution in [3.8, 4) is 0 Å². The van der Waals surface area contributed by atoms with Crippen molar-refractivity contribution in [2.24, 2.45) is 0 Å². The number of halogens is 1. The molecule has 2 heteroatoms. The molecule has 0 bridgehead atoms. The molecule has 9 heavy (non-hydrogen) atoms. The summed E-state index contributed by atoms with van der Waals surface area (Å²) in [7, 11) is 1.65. The van der Waals surface area contributed by atoms with Crippen molar-refractivity contribution in [1.82, 2.24) is 0 Å². The van der Waals surface area contributed by atoms with E-state index in [-0.39, 0.29) is 0 Å². The van der Waals surface area contributed by atoms with E-state index >= 15 is 0 Å². The highest BCUT2D eigenvalue weighted by Crippen LogP contribution is 2.02. The predicted octanol–water partition coefficient (Wildman–Crippen LogP) is 2.49. The Hall–Kier alpha value is -0.240. The van der Waals surface area contributed by atoms with Crippen LogP contribution in [0.3, 0.4) is 0 Å². The summed E-state index contributed by atoms with van der Waals surface area (Å²) in [5, 5.41) is 0.799. The third kappa shape index (κ3) is 4.28. The quantitative estimate of drug-likeness (QED) is 0.378. The van der Waals surface area contributed by atoms with Crippen LogP contribution in [0.5, 0.6) is 0 Å². The first-order valence-electron chi connectivity index (χ1n) is 2.66. The molecular formula is C7H11BrO. The summed E-state index contributed by atoms with van der Waals surface area (Å²) in [6.07, 6.45) is 1.90. The molecule has 0 aliphatic rings. The molecule has 0 aliphatic heterocycles. The van der Waals surface area contributed by atoms with Crippen LogP contribution in [-0.4, -0.2) is 12.4 Å². The number of alkyl halides is 1. The molecule has 0 atom stereocenters. The Morgan fingerprint density at radius 3 is 2.67 bits per heavy atom. The maximum atomic E-state index is 4.90. The number of rotatable bonds is 3. The summed E-state index contributed by atoms with van der Waals surface area (Å²) in [5.74, 6) is 0.888. The van der Waals surface area contributed by atoms with Gasteiger partial charge >= 0.3 is 0 Å². The Morgan fingerprint density at radius 1 is 1.78 bits per heavy atom. The zero-order valence-corrected chi connectivity index (χ0v) is 7.36. The van der Waals surface area contributed by atoms with Crippen molar-refractivity contribution in [1.29, 1.82) is 0 Å². The van der Waals surface area contributed by atoms with Crippen molar-refractivity contribution in [3.63, 3.8) is 0 Å². The predicted molar refractivity (Wildman–Crippen MR) is 43.7 cm³/mol. The van der Waals surface area contributed by atoms with Crippen LogP contribution in [-0.2, 0) is 4.74 Å². The van der Waals surface area contributed by atoms with Crippen LogP contribution in [0.4, 0.5) is 0 Å². The van der Waals surface area contributed by atoms with Gasteiger partial charge in [0.05, 0.1) is 12.9 Å². The SMILES string of the molecule is C=C(/C=C(\C)OC)CBr. The van der Waals surface area contributed by atoms with Gasteiger partial charge in [-0.3, -0.25) is 0 Å². The lowest BCUT2D eigenvalue weighted by Gasteiger charge is -1.97. The first kappa shape index (κ1) is 8.76. The molecule has 0 unspecified atom stereocenters. The summed E-state index contributed by atoms with van der Waals surface area (Å²) in [6.45, 7) is 5.65. The summed E-state index contributed by atoms with van der Waals surface area (Å²) in [4.78, 5) is 0. The van der Waals surface area contributed by atoms with Crippen molar-refractivity contribution in [2.75, 3.05) is 12.4 Å². The van der Waals surface area contributed by atoms with Crippen LogP contribution < -0.4 is 0 Å². The fourth-order valence-electron chi connectivity index (χ4n) is 0.385. The van der Waals surface area contributed by atoms with Gasteiger partial charge in [-0.1, -0.05) is 22.5 Å². The average Bonchev–Trinajstić information content (AvgIpc) is 1.87. The molecule has 0 rings (SSSR count). The highest BCUT2D eigenvalue weighted by molar-refractivity contribution is 9.09. The third-order valence-corrected chi connectivity index (χ3v) is 1.62. The monoisotopic (exact) mass is 190 g/mol. The third-order valence-electron chi connectivity index (χ3n) is 0.901. The Bertz CT molecular complexity index is 127. The maximum absolute atomic E-state index is 4.90. The highest BCUT2D eigenvalue weighted by atomic mass is 79.9. The van der Waals surface area contributed by atoms with Crippen LogP contribution in [0.1, 0.15) is 6.92 Å². The van der Waals surface area contributed by atoms with Gasteiger partial charge in [0.1, 0.15) is 0 Å². The minimum Gasteiger partial charge on any atom is -0.501 e. The second kappa shape index (κ2) is 4.62. The molecule has 0 N–H and O–H groups in total. The van der Waals surface area contributed by atoms with Crippen molar-refractivity contribution < 1.29 is 4.74 Å². The Balaban J connectivity index is 3.79. The number of hydrogen-bond acceptors (Lipinski definition) is 1. The molecule has 0 heterocycles. The van der Waals surface area contributed by atoms with E-state index in [0.29, 0.717) is 0 Å². The number of allylic oxidation sites excluding steroid dienone is 3. The minimum absolute atomic E-state index is 0.799. The van der Waals surface area contributed by atoms with Gasteiger partial charge in [-0.15, -0.1) is 0 Å². The summed E-state index contributed by atoms with van der Waals surface area (Å²) in [6, 6.07) is 0. The van der Waals surface area contributed by atoms with Gasteiger partial charge in [-0.25, -0.2) is 0 Å². The number of hydrogen-bond donors (Lipinski definition) is 0. The second-order valence-corrected chi connectivity index (χ2v) is 2.31. The zero-order chi connectivity index (χ0) is 7.28. The number of ether oxygens (including phenoxy) is 1. The van der Waals surface area contributed by atoms with Gasteiger partial charge in [0.15, 0.2) is 0 Å². The Morgan fingerprint density at radius 2 is 2.33 bits per heavy atom. The molecule has 0 radical (unpaired) electrons.